The van der Waals surface area contributed by atoms with Gasteiger partial charge in [0.15, 0.2) is 6.10 Å². The number of nitrogens with one attached hydrogen (secondary N) is 1. The number of hydrogen-bond acceptors (Lipinski definition) is 3. The van der Waals surface area contributed by atoms with Crippen LogP contribution < -0.4 is 9.47 Å². The van der Waals surface area contributed by atoms with Gasteiger partial charge in [-0.3, -0.25) is 0 Å². The van der Waals surface area contributed by atoms with Crippen molar-refractivity contribution < 1.29 is 9.47 Å². The molecule has 3 aromatic rings. The van der Waals surface area contributed by atoms with Gasteiger partial charge in [-0.05, 0) is 56.3 Å². The molecule has 0 amide bonds. The minimum atomic E-state index is -0.191. The van der Waals surface area contributed by atoms with Crippen LogP contribution in [0.2, 0.25) is 5.02 Å². The minimum Gasteiger partial charge on any atom is -0.494 e. The van der Waals surface area contributed by atoms with Crippen LogP contribution in [0.15, 0.2) is 42.5 Å². The van der Waals surface area contributed by atoms with Gasteiger partial charge >= 0.3 is 0 Å². The number of imidazole rings is 1. The van der Waals surface area contributed by atoms with Gasteiger partial charge in [-0.2, -0.15) is 0 Å². The zero-order valence-corrected chi connectivity index (χ0v) is 13.2. The molecular formula is C17H17ClN2O2. The number of fused-ring (bicyclic) bond motifs is 1. The van der Waals surface area contributed by atoms with Crippen molar-refractivity contribution >= 4 is 22.6 Å². The lowest BCUT2D eigenvalue weighted by molar-refractivity contribution is 0.217. The average Bonchev–Trinajstić information content (AvgIpc) is 2.92. The highest BCUT2D eigenvalue weighted by atomic mass is 35.5. The lowest BCUT2D eigenvalue weighted by atomic mass is 10.3. The van der Waals surface area contributed by atoms with Crippen molar-refractivity contribution in [2.45, 2.75) is 20.0 Å². The molecule has 0 saturated heterocycles. The SMILES string of the molecule is CCOc1ccc(O[C@@H](C)c2nc3ccc(Cl)cc3[nH]2)cc1. The molecule has 1 heterocycles. The van der Waals surface area contributed by atoms with Crippen molar-refractivity contribution in [3.05, 3.63) is 53.3 Å². The van der Waals surface area contributed by atoms with Crippen LogP contribution in [-0.2, 0) is 0 Å². The number of halogens is 1. The first-order valence-electron chi connectivity index (χ1n) is 7.20. The van der Waals surface area contributed by atoms with Crippen LogP contribution in [0.4, 0.5) is 0 Å². The van der Waals surface area contributed by atoms with Crippen molar-refractivity contribution in [3.63, 3.8) is 0 Å². The lowest BCUT2D eigenvalue weighted by Crippen LogP contribution is -2.05. The third-order valence-electron chi connectivity index (χ3n) is 3.29. The molecule has 0 fully saturated rings. The Labute approximate surface area is 134 Å². The summed E-state index contributed by atoms with van der Waals surface area (Å²) in [7, 11) is 0. The summed E-state index contributed by atoms with van der Waals surface area (Å²) in [6, 6.07) is 13.1. The highest BCUT2D eigenvalue weighted by Gasteiger charge is 2.12. The highest BCUT2D eigenvalue weighted by Crippen LogP contribution is 2.25. The highest BCUT2D eigenvalue weighted by molar-refractivity contribution is 6.31. The Hall–Kier alpha value is -2.20. The van der Waals surface area contributed by atoms with Crippen molar-refractivity contribution in [1.82, 2.24) is 9.97 Å². The van der Waals surface area contributed by atoms with Crippen LogP contribution >= 0.6 is 11.6 Å². The summed E-state index contributed by atoms with van der Waals surface area (Å²) < 4.78 is 11.3. The quantitative estimate of drug-likeness (QED) is 0.738. The molecule has 0 aliphatic rings. The van der Waals surface area contributed by atoms with E-state index in [0.717, 1.165) is 28.4 Å². The summed E-state index contributed by atoms with van der Waals surface area (Å²) >= 11 is 5.99. The minimum absolute atomic E-state index is 0.191. The summed E-state index contributed by atoms with van der Waals surface area (Å²) in [4.78, 5) is 7.78. The molecule has 0 aliphatic heterocycles. The number of nitrogens with zero attached hydrogens (tertiary/aromatic N) is 1. The maximum absolute atomic E-state index is 5.99. The second kappa shape index (κ2) is 6.28. The first-order chi connectivity index (χ1) is 10.7. The Morgan fingerprint density at radius 3 is 2.59 bits per heavy atom. The molecule has 1 aromatic heterocycles. The molecule has 0 radical (unpaired) electrons. The summed E-state index contributed by atoms with van der Waals surface area (Å²) in [5.41, 5.74) is 1.78. The molecule has 3 rings (SSSR count). The number of benzene rings is 2. The first kappa shape index (κ1) is 14.7. The molecule has 2 aromatic carbocycles. The summed E-state index contributed by atoms with van der Waals surface area (Å²) in [6.45, 7) is 4.56. The third kappa shape index (κ3) is 3.17. The van der Waals surface area contributed by atoms with Crippen LogP contribution in [0.3, 0.4) is 0 Å². The molecular weight excluding hydrogens is 300 g/mol. The van der Waals surface area contributed by atoms with Gasteiger partial charge in [0, 0.05) is 5.02 Å². The summed E-state index contributed by atoms with van der Waals surface area (Å²) in [5.74, 6) is 2.38. The number of H-pyrrole nitrogens is 1. The molecule has 4 nitrogen and oxygen atoms in total. The van der Waals surface area contributed by atoms with Crippen LogP contribution in [0.25, 0.3) is 11.0 Å². The predicted octanol–water partition coefficient (Wildman–Crippen LogP) is 4.76. The van der Waals surface area contributed by atoms with E-state index < -0.39 is 0 Å². The molecule has 0 unspecified atom stereocenters. The standard InChI is InChI=1S/C17H17ClN2O2/c1-3-21-13-5-7-14(8-6-13)22-11(2)17-19-15-9-4-12(18)10-16(15)20-17/h4-11H,3H2,1-2H3,(H,19,20)/t11-/m0/s1. The predicted molar refractivity (Wildman–Crippen MR) is 87.8 cm³/mol. The van der Waals surface area contributed by atoms with E-state index in [9.17, 15) is 0 Å². The Bertz CT molecular complexity index is 768. The van der Waals surface area contributed by atoms with Crippen molar-refractivity contribution in [3.8, 4) is 11.5 Å². The van der Waals surface area contributed by atoms with Gasteiger partial charge in [-0.15, -0.1) is 0 Å². The summed E-state index contributed by atoms with van der Waals surface area (Å²) in [5, 5.41) is 0.683. The van der Waals surface area contributed by atoms with E-state index in [1.54, 1.807) is 0 Å². The zero-order valence-electron chi connectivity index (χ0n) is 12.5. The molecule has 0 bridgehead atoms. The van der Waals surface area contributed by atoms with E-state index in [1.807, 2.05) is 56.3 Å². The number of hydrogen-bond donors (Lipinski definition) is 1. The van der Waals surface area contributed by atoms with E-state index in [2.05, 4.69) is 9.97 Å². The molecule has 1 N–H and O–H groups in total. The van der Waals surface area contributed by atoms with Crippen molar-refractivity contribution in [1.29, 1.82) is 0 Å². The number of aromatic amines is 1. The zero-order chi connectivity index (χ0) is 15.5. The van der Waals surface area contributed by atoms with E-state index >= 15 is 0 Å². The fraction of sp³-hybridized carbons (Fsp3) is 0.235. The second-order valence-corrected chi connectivity index (χ2v) is 5.38. The average molecular weight is 317 g/mol. The monoisotopic (exact) mass is 316 g/mol. The number of rotatable bonds is 5. The van der Waals surface area contributed by atoms with Gasteiger partial charge in [-0.25, -0.2) is 4.98 Å². The van der Waals surface area contributed by atoms with Gasteiger partial charge in [0.2, 0.25) is 0 Å². The molecule has 5 heteroatoms. The normalized spacial score (nSPS) is 12.3. The molecule has 114 valence electrons. The van der Waals surface area contributed by atoms with Crippen LogP contribution in [0.5, 0.6) is 11.5 Å². The van der Waals surface area contributed by atoms with Crippen molar-refractivity contribution in [2.75, 3.05) is 6.61 Å². The van der Waals surface area contributed by atoms with Crippen LogP contribution in [0.1, 0.15) is 25.8 Å². The summed E-state index contributed by atoms with van der Waals surface area (Å²) in [6.07, 6.45) is -0.191. The van der Waals surface area contributed by atoms with Gasteiger partial charge in [0.25, 0.3) is 0 Å². The molecule has 0 aliphatic carbocycles. The maximum Gasteiger partial charge on any atom is 0.153 e. The van der Waals surface area contributed by atoms with Gasteiger partial charge < -0.3 is 14.5 Å². The van der Waals surface area contributed by atoms with Crippen LogP contribution in [-0.4, -0.2) is 16.6 Å². The molecule has 0 spiro atoms. The van der Waals surface area contributed by atoms with E-state index in [1.165, 1.54) is 0 Å². The van der Waals surface area contributed by atoms with Gasteiger partial charge in [0.1, 0.15) is 17.3 Å². The van der Waals surface area contributed by atoms with Gasteiger partial charge in [-0.1, -0.05) is 11.6 Å². The topological polar surface area (TPSA) is 47.1 Å². The fourth-order valence-corrected chi connectivity index (χ4v) is 2.41. The molecule has 0 saturated carbocycles. The largest absolute Gasteiger partial charge is 0.494 e. The Kier molecular flexibility index (Phi) is 4.20. The Morgan fingerprint density at radius 1 is 1.14 bits per heavy atom. The smallest absolute Gasteiger partial charge is 0.153 e. The number of aromatic nitrogens is 2. The fourth-order valence-electron chi connectivity index (χ4n) is 2.24. The van der Waals surface area contributed by atoms with E-state index in [-0.39, 0.29) is 6.10 Å². The number of ether oxygens (including phenoxy) is 2. The Morgan fingerprint density at radius 2 is 1.86 bits per heavy atom. The maximum atomic E-state index is 5.99. The molecule has 1 atom stereocenters. The third-order valence-corrected chi connectivity index (χ3v) is 3.53. The second-order valence-electron chi connectivity index (χ2n) is 4.95. The first-order valence-corrected chi connectivity index (χ1v) is 7.58. The van der Waals surface area contributed by atoms with E-state index in [0.29, 0.717) is 11.6 Å². The van der Waals surface area contributed by atoms with Crippen molar-refractivity contribution in [2.24, 2.45) is 0 Å². The Balaban J connectivity index is 1.76. The van der Waals surface area contributed by atoms with Gasteiger partial charge in [0.05, 0.1) is 17.6 Å². The lowest BCUT2D eigenvalue weighted by Gasteiger charge is -2.12. The molecule has 22 heavy (non-hydrogen) atoms. The van der Waals surface area contributed by atoms with Crippen LogP contribution in [0, 0.1) is 0 Å². The van der Waals surface area contributed by atoms with E-state index in [4.69, 9.17) is 21.1 Å².